The minimum atomic E-state index is 0. The lowest BCUT2D eigenvalue weighted by molar-refractivity contribution is 0.173. The maximum Gasteiger partial charge on any atom is 0.214 e. The first-order chi connectivity index (χ1) is 14.2. The molecule has 1 aliphatic heterocycles. The van der Waals surface area contributed by atoms with E-state index in [0.29, 0.717) is 12.4 Å². The maximum atomic E-state index is 5.91. The van der Waals surface area contributed by atoms with E-state index in [0.717, 1.165) is 50.0 Å². The lowest BCUT2D eigenvalue weighted by atomic mass is 10.1. The van der Waals surface area contributed by atoms with Crippen LogP contribution in [-0.2, 0) is 13.1 Å². The molecule has 8 heteroatoms. The van der Waals surface area contributed by atoms with E-state index in [1.54, 1.807) is 6.20 Å². The maximum absolute atomic E-state index is 5.91. The molecular formula is C22H28IN5OS. The van der Waals surface area contributed by atoms with Crippen molar-refractivity contribution < 1.29 is 4.42 Å². The Kier molecular flexibility index (Phi) is 8.29. The van der Waals surface area contributed by atoms with E-state index in [1.165, 1.54) is 10.4 Å². The van der Waals surface area contributed by atoms with Crippen LogP contribution in [0.2, 0.25) is 0 Å². The molecule has 1 fully saturated rings. The van der Waals surface area contributed by atoms with E-state index in [1.807, 2.05) is 18.4 Å². The van der Waals surface area contributed by atoms with E-state index < -0.39 is 0 Å². The third-order valence-corrected chi connectivity index (χ3v) is 5.99. The van der Waals surface area contributed by atoms with Gasteiger partial charge in [-0.05, 0) is 18.4 Å². The molecule has 4 rings (SSSR count). The van der Waals surface area contributed by atoms with Crippen molar-refractivity contribution in [1.82, 2.24) is 20.1 Å². The van der Waals surface area contributed by atoms with Crippen LogP contribution in [-0.4, -0.2) is 54.0 Å². The summed E-state index contributed by atoms with van der Waals surface area (Å²) in [6.07, 6.45) is 1.79. The van der Waals surface area contributed by atoms with Crippen LogP contribution in [0.25, 0.3) is 11.3 Å². The van der Waals surface area contributed by atoms with Gasteiger partial charge in [0.1, 0.15) is 0 Å². The lowest BCUT2D eigenvalue weighted by Gasteiger charge is -2.36. The molecule has 30 heavy (non-hydrogen) atoms. The monoisotopic (exact) mass is 537 g/mol. The molecule has 6 nitrogen and oxygen atoms in total. The number of oxazole rings is 1. The molecule has 0 aliphatic carbocycles. The third-order valence-electron chi connectivity index (χ3n) is 5.13. The second-order valence-corrected chi connectivity index (χ2v) is 8.26. The van der Waals surface area contributed by atoms with Gasteiger partial charge in [-0.2, -0.15) is 0 Å². The predicted molar refractivity (Wildman–Crippen MR) is 133 cm³/mol. The van der Waals surface area contributed by atoms with Crippen molar-refractivity contribution >= 4 is 41.3 Å². The van der Waals surface area contributed by atoms with Crippen molar-refractivity contribution in [3.63, 3.8) is 0 Å². The minimum absolute atomic E-state index is 0. The number of thiophene rings is 1. The normalized spacial score (nSPS) is 15.1. The van der Waals surface area contributed by atoms with Gasteiger partial charge in [0.2, 0.25) is 5.89 Å². The van der Waals surface area contributed by atoms with Crippen molar-refractivity contribution in [3.05, 3.63) is 64.3 Å². The second kappa shape index (κ2) is 10.9. The van der Waals surface area contributed by atoms with E-state index in [4.69, 9.17) is 4.42 Å². The summed E-state index contributed by atoms with van der Waals surface area (Å²) < 4.78 is 5.91. The standard InChI is InChI=1S/C22H27N5OS.HI/c1-17-5-7-18(8-6-17)20-14-24-21(28-20)15-25-22(23-2)27-11-9-26(10-12-27)16-19-4-3-13-29-19;/h3-8,13-14H,9-12,15-16H2,1-2H3,(H,23,25);1H. The summed E-state index contributed by atoms with van der Waals surface area (Å²) in [7, 11) is 1.83. The molecule has 0 radical (unpaired) electrons. The molecule has 0 spiro atoms. The summed E-state index contributed by atoms with van der Waals surface area (Å²) in [6, 6.07) is 12.6. The lowest BCUT2D eigenvalue weighted by Crippen LogP contribution is -2.52. The molecule has 0 unspecified atom stereocenters. The van der Waals surface area contributed by atoms with Crippen molar-refractivity contribution in [1.29, 1.82) is 0 Å². The summed E-state index contributed by atoms with van der Waals surface area (Å²) in [4.78, 5) is 15.1. The molecule has 160 valence electrons. The largest absolute Gasteiger partial charge is 0.439 e. The van der Waals surface area contributed by atoms with Gasteiger partial charge in [0.05, 0.1) is 12.7 Å². The van der Waals surface area contributed by atoms with Crippen LogP contribution < -0.4 is 5.32 Å². The van der Waals surface area contributed by atoms with Gasteiger partial charge in [0.15, 0.2) is 11.7 Å². The number of hydrogen-bond acceptors (Lipinski definition) is 5. The number of benzene rings is 1. The highest BCUT2D eigenvalue weighted by Crippen LogP contribution is 2.20. The Labute approximate surface area is 199 Å². The fourth-order valence-electron chi connectivity index (χ4n) is 3.47. The smallest absolute Gasteiger partial charge is 0.214 e. The van der Waals surface area contributed by atoms with Gasteiger partial charge in [-0.1, -0.05) is 35.9 Å². The molecule has 3 heterocycles. The Morgan fingerprint density at radius 2 is 1.93 bits per heavy atom. The van der Waals surface area contributed by atoms with Gasteiger partial charge in [-0.15, -0.1) is 35.3 Å². The van der Waals surface area contributed by atoms with Crippen LogP contribution in [0, 0.1) is 6.92 Å². The van der Waals surface area contributed by atoms with Crippen molar-refractivity contribution in [2.45, 2.75) is 20.0 Å². The zero-order valence-corrected chi connectivity index (χ0v) is 20.5. The molecule has 0 bridgehead atoms. The summed E-state index contributed by atoms with van der Waals surface area (Å²) in [6.45, 7) is 7.64. The van der Waals surface area contributed by atoms with E-state index in [9.17, 15) is 0 Å². The number of halogens is 1. The highest BCUT2D eigenvalue weighted by Gasteiger charge is 2.20. The Morgan fingerprint density at radius 1 is 1.17 bits per heavy atom. The number of hydrogen-bond donors (Lipinski definition) is 1. The number of nitrogens with one attached hydrogen (secondary N) is 1. The number of aliphatic imine (C=N–C) groups is 1. The van der Waals surface area contributed by atoms with E-state index >= 15 is 0 Å². The Bertz CT molecular complexity index is 931. The van der Waals surface area contributed by atoms with Crippen LogP contribution in [0.5, 0.6) is 0 Å². The summed E-state index contributed by atoms with van der Waals surface area (Å²) in [5.41, 5.74) is 2.27. The van der Waals surface area contributed by atoms with Crippen molar-refractivity contribution in [2.24, 2.45) is 4.99 Å². The number of piperazine rings is 1. The van der Waals surface area contributed by atoms with Crippen molar-refractivity contribution in [2.75, 3.05) is 33.2 Å². The molecule has 1 aliphatic rings. The zero-order valence-electron chi connectivity index (χ0n) is 17.4. The van der Waals surface area contributed by atoms with Gasteiger partial charge in [-0.3, -0.25) is 9.89 Å². The first-order valence-electron chi connectivity index (χ1n) is 9.93. The average molecular weight is 537 g/mol. The third kappa shape index (κ3) is 5.83. The highest BCUT2D eigenvalue weighted by atomic mass is 127. The summed E-state index contributed by atoms with van der Waals surface area (Å²) in [5.74, 6) is 2.35. The molecule has 0 atom stereocenters. The van der Waals surface area contributed by atoms with Gasteiger partial charge in [0, 0.05) is 50.2 Å². The molecular weight excluding hydrogens is 509 g/mol. The molecule has 0 amide bonds. The molecule has 1 N–H and O–H groups in total. The minimum Gasteiger partial charge on any atom is -0.439 e. The molecule has 1 aromatic carbocycles. The molecule has 0 saturated carbocycles. The van der Waals surface area contributed by atoms with E-state index in [-0.39, 0.29) is 24.0 Å². The number of rotatable bonds is 5. The van der Waals surface area contributed by atoms with Gasteiger partial charge in [-0.25, -0.2) is 4.98 Å². The summed E-state index contributed by atoms with van der Waals surface area (Å²) >= 11 is 1.83. The SMILES string of the molecule is CN=C(NCc1ncc(-c2ccc(C)cc2)o1)N1CCN(Cc2cccs2)CC1.I. The predicted octanol–water partition coefficient (Wildman–Crippen LogP) is 4.22. The van der Waals surface area contributed by atoms with Crippen LogP contribution in [0.1, 0.15) is 16.3 Å². The number of aryl methyl sites for hydroxylation is 1. The van der Waals surface area contributed by atoms with Crippen LogP contribution >= 0.6 is 35.3 Å². The second-order valence-electron chi connectivity index (χ2n) is 7.23. The average Bonchev–Trinajstić information content (AvgIpc) is 3.42. The molecule has 3 aromatic rings. The van der Waals surface area contributed by atoms with Gasteiger partial charge >= 0.3 is 0 Å². The topological polar surface area (TPSA) is 56.9 Å². The fraction of sp³-hybridized carbons (Fsp3) is 0.364. The highest BCUT2D eigenvalue weighted by molar-refractivity contribution is 14.0. The van der Waals surface area contributed by atoms with Crippen LogP contribution in [0.3, 0.4) is 0 Å². The van der Waals surface area contributed by atoms with Crippen LogP contribution in [0.15, 0.2) is 57.4 Å². The molecule has 2 aromatic heterocycles. The number of aromatic nitrogens is 1. The Hall–Kier alpha value is -1.91. The van der Waals surface area contributed by atoms with Crippen molar-refractivity contribution in [3.8, 4) is 11.3 Å². The summed E-state index contributed by atoms with van der Waals surface area (Å²) in [5, 5.41) is 5.54. The Morgan fingerprint density at radius 3 is 2.60 bits per heavy atom. The molecule has 1 saturated heterocycles. The zero-order chi connectivity index (χ0) is 20.1. The first kappa shape index (κ1) is 22.8. The van der Waals surface area contributed by atoms with Crippen LogP contribution in [0.4, 0.5) is 0 Å². The fourth-order valence-corrected chi connectivity index (χ4v) is 4.22. The van der Waals surface area contributed by atoms with Gasteiger partial charge < -0.3 is 14.6 Å². The number of guanidine groups is 1. The quantitative estimate of drug-likeness (QED) is 0.300. The van der Waals surface area contributed by atoms with Gasteiger partial charge in [0.25, 0.3) is 0 Å². The Balaban J connectivity index is 0.00000256. The first-order valence-corrected chi connectivity index (χ1v) is 10.8. The number of nitrogens with zero attached hydrogens (tertiary/aromatic N) is 4. The van der Waals surface area contributed by atoms with E-state index in [2.05, 4.69) is 73.8 Å².